The van der Waals surface area contributed by atoms with Crippen LogP contribution in [0.5, 0.6) is 0 Å². The van der Waals surface area contributed by atoms with Gasteiger partial charge in [0.2, 0.25) is 5.91 Å². The van der Waals surface area contributed by atoms with Crippen LogP contribution < -0.4 is 0 Å². The predicted octanol–water partition coefficient (Wildman–Crippen LogP) is 5.52. The zero-order valence-corrected chi connectivity index (χ0v) is 19.6. The van der Waals surface area contributed by atoms with Crippen molar-refractivity contribution in [3.05, 3.63) is 93.4 Å². The Hall–Kier alpha value is -2.99. The Morgan fingerprint density at radius 3 is 2.25 bits per heavy atom. The topological polar surface area (TPSA) is 40.6 Å². The number of nitrogens with zero attached hydrogens (tertiary/aromatic N) is 2. The molecule has 2 amide bonds. The number of carbonyl (C=O) groups excluding carboxylic acids is 2. The Bertz CT molecular complexity index is 1050. The fraction of sp³-hybridized carbons (Fsp3) is 0.308. The van der Waals surface area contributed by atoms with Crippen LogP contribution in [0.25, 0.3) is 0 Å². The molecular formula is C26H29FN2O2S. The molecule has 0 saturated heterocycles. The zero-order valence-electron chi connectivity index (χ0n) is 18.8. The molecule has 3 aromatic rings. The van der Waals surface area contributed by atoms with Gasteiger partial charge in [-0.05, 0) is 47.5 Å². The Labute approximate surface area is 193 Å². The van der Waals surface area contributed by atoms with Crippen LogP contribution in [0.2, 0.25) is 0 Å². The summed E-state index contributed by atoms with van der Waals surface area (Å²) in [7, 11) is 0. The van der Waals surface area contributed by atoms with Gasteiger partial charge in [-0.1, -0.05) is 56.3 Å². The van der Waals surface area contributed by atoms with Gasteiger partial charge in [0, 0.05) is 18.0 Å². The fourth-order valence-electron chi connectivity index (χ4n) is 3.50. The molecule has 0 aliphatic rings. The van der Waals surface area contributed by atoms with Crippen LogP contribution in [0.15, 0.2) is 66.0 Å². The maximum atomic E-state index is 14.3. The number of carbonyl (C=O) groups is 2. The first kappa shape index (κ1) is 23.7. The second-order valence-electron chi connectivity index (χ2n) is 8.32. The van der Waals surface area contributed by atoms with Crippen LogP contribution in [-0.4, -0.2) is 34.7 Å². The van der Waals surface area contributed by atoms with Crippen LogP contribution >= 0.6 is 11.3 Å². The van der Waals surface area contributed by atoms with Crippen molar-refractivity contribution in [2.75, 3.05) is 13.1 Å². The molecule has 1 aromatic heterocycles. The number of rotatable bonds is 9. The summed E-state index contributed by atoms with van der Waals surface area (Å²) in [4.78, 5) is 30.9. The molecule has 0 radical (unpaired) electrons. The van der Waals surface area contributed by atoms with Gasteiger partial charge in [-0.2, -0.15) is 0 Å². The highest BCUT2D eigenvalue weighted by Crippen LogP contribution is 2.20. The van der Waals surface area contributed by atoms with E-state index in [1.807, 2.05) is 62.5 Å². The summed E-state index contributed by atoms with van der Waals surface area (Å²) in [5, 5.41) is 2.02. The maximum Gasteiger partial charge on any atom is 0.257 e. The lowest BCUT2D eigenvalue weighted by Gasteiger charge is -2.29. The van der Waals surface area contributed by atoms with E-state index in [0.29, 0.717) is 19.6 Å². The normalized spacial score (nSPS) is 10.9. The Kier molecular flexibility index (Phi) is 8.17. The molecule has 0 aliphatic carbocycles. The molecule has 2 aromatic carbocycles. The van der Waals surface area contributed by atoms with Crippen molar-refractivity contribution in [2.24, 2.45) is 5.92 Å². The molecule has 3 rings (SSSR count). The van der Waals surface area contributed by atoms with Crippen molar-refractivity contribution in [2.45, 2.75) is 33.9 Å². The monoisotopic (exact) mass is 452 g/mol. The molecule has 0 spiro atoms. The lowest BCUT2D eigenvalue weighted by Crippen LogP contribution is -2.44. The molecule has 4 nitrogen and oxygen atoms in total. The molecule has 0 aliphatic heterocycles. The third-order valence-corrected chi connectivity index (χ3v) is 6.18. The molecule has 1 heterocycles. The summed E-state index contributed by atoms with van der Waals surface area (Å²) in [5.41, 5.74) is 2.15. The van der Waals surface area contributed by atoms with E-state index in [2.05, 4.69) is 0 Å². The van der Waals surface area contributed by atoms with Crippen LogP contribution in [-0.2, 0) is 17.9 Å². The van der Waals surface area contributed by atoms with Crippen molar-refractivity contribution < 1.29 is 14.0 Å². The first-order chi connectivity index (χ1) is 15.3. The quantitative estimate of drug-likeness (QED) is 0.429. The number of thiophene rings is 1. The van der Waals surface area contributed by atoms with Gasteiger partial charge in [-0.25, -0.2) is 4.39 Å². The second kappa shape index (κ2) is 11.0. The Balaban J connectivity index is 1.84. The van der Waals surface area contributed by atoms with Crippen LogP contribution in [0.1, 0.15) is 40.2 Å². The number of benzene rings is 2. The van der Waals surface area contributed by atoms with Crippen molar-refractivity contribution in [1.82, 2.24) is 9.80 Å². The van der Waals surface area contributed by atoms with E-state index in [9.17, 15) is 14.0 Å². The van der Waals surface area contributed by atoms with Gasteiger partial charge in [0.15, 0.2) is 0 Å². The van der Waals surface area contributed by atoms with E-state index in [1.54, 1.807) is 28.4 Å². The van der Waals surface area contributed by atoms with Crippen molar-refractivity contribution in [1.29, 1.82) is 0 Å². The van der Waals surface area contributed by atoms with E-state index >= 15 is 0 Å². The molecule has 6 heteroatoms. The largest absolute Gasteiger partial charge is 0.332 e. The van der Waals surface area contributed by atoms with Crippen LogP contribution in [0, 0.1) is 18.7 Å². The molecule has 0 atom stereocenters. The molecule has 32 heavy (non-hydrogen) atoms. The van der Waals surface area contributed by atoms with Gasteiger partial charge in [0.25, 0.3) is 5.91 Å². The molecule has 0 unspecified atom stereocenters. The summed E-state index contributed by atoms with van der Waals surface area (Å²) in [5.74, 6) is -1.06. The average Bonchev–Trinajstić information content (AvgIpc) is 3.17. The van der Waals surface area contributed by atoms with Gasteiger partial charge < -0.3 is 9.80 Å². The zero-order chi connectivity index (χ0) is 23.1. The molecule has 0 saturated carbocycles. The van der Waals surface area contributed by atoms with E-state index in [0.717, 1.165) is 16.0 Å². The summed E-state index contributed by atoms with van der Waals surface area (Å²) >= 11 is 1.62. The summed E-state index contributed by atoms with van der Waals surface area (Å²) in [6.45, 7) is 7.18. The number of hydrogen-bond donors (Lipinski definition) is 0. The maximum absolute atomic E-state index is 14.3. The molecule has 168 valence electrons. The first-order valence-electron chi connectivity index (χ1n) is 10.7. The highest BCUT2D eigenvalue weighted by Gasteiger charge is 2.25. The SMILES string of the molecule is Cc1ccsc1CN(Cc1ccccc1)C(=O)CN(CC(C)C)C(=O)c1ccccc1F. The Morgan fingerprint density at radius 2 is 1.62 bits per heavy atom. The summed E-state index contributed by atoms with van der Waals surface area (Å²) < 4.78 is 14.3. The van der Waals surface area contributed by atoms with Crippen LogP contribution in [0.4, 0.5) is 4.39 Å². The average molecular weight is 453 g/mol. The number of aryl methyl sites for hydroxylation is 1. The lowest BCUT2D eigenvalue weighted by molar-refractivity contribution is -0.133. The van der Waals surface area contributed by atoms with Crippen molar-refractivity contribution in [3.8, 4) is 0 Å². The van der Waals surface area contributed by atoms with E-state index in [4.69, 9.17) is 0 Å². The highest BCUT2D eigenvalue weighted by atomic mass is 32.1. The number of hydrogen-bond acceptors (Lipinski definition) is 3. The predicted molar refractivity (Wildman–Crippen MR) is 127 cm³/mol. The number of halogens is 1. The molecule has 0 N–H and O–H groups in total. The standard InChI is InChI=1S/C26H29FN2O2S/c1-19(2)15-29(26(31)22-11-7-8-12-23(22)27)18-25(30)28(16-21-9-5-4-6-10-21)17-24-20(3)13-14-32-24/h4-14,19H,15-18H2,1-3H3. The van der Waals surface area contributed by atoms with Crippen molar-refractivity contribution >= 4 is 23.2 Å². The summed E-state index contributed by atoms with van der Waals surface area (Å²) in [6.07, 6.45) is 0. The molecule has 0 fully saturated rings. The summed E-state index contributed by atoms with van der Waals surface area (Å²) in [6, 6.07) is 17.8. The molecular weight excluding hydrogens is 423 g/mol. The molecule has 0 bridgehead atoms. The van der Waals surface area contributed by atoms with Gasteiger partial charge in [-0.3, -0.25) is 9.59 Å². The fourth-order valence-corrected chi connectivity index (χ4v) is 4.42. The minimum atomic E-state index is -0.575. The minimum Gasteiger partial charge on any atom is -0.332 e. The van der Waals surface area contributed by atoms with E-state index in [-0.39, 0.29) is 23.9 Å². The third kappa shape index (κ3) is 6.26. The smallest absolute Gasteiger partial charge is 0.257 e. The minimum absolute atomic E-state index is 0.00957. The second-order valence-corrected chi connectivity index (χ2v) is 9.32. The van der Waals surface area contributed by atoms with Gasteiger partial charge in [0.05, 0.1) is 12.1 Å². The first-order valence-corrected chi connectivity index (χ1v) is 11.6. The highest BCUT2D eigenvalue weighted by molar-refractivity contribution is 7.10. The third-order valence-electron chi connectivity index (χ3n) is 5.17. The van der Waals surface area contributed by atoms with E-state index in [1.165, 1.54) is 17.0 Å². The lowest BCUT2D eigenvalue weighted by atomic mass is 10.1. The van der Waals surface area contributed by atoms with Crippen molar-refractivity contribution in [3.63, 3.8) is 0 Å². The van der Waals surface area contributed by atoms with E-state index < -0.39 is 11.7 Å². The number of amides is 2. The van der Waals surface area contributed by atoms with Gasteiger partial charge >= 0.3 is 0 Å². The van der Waals surface area contributed by atoms with Crippen LogP contribution in [0.3, 0.4) is 0 Å². The van der Waals surface area contributed by atoms with Gasteiger partial charge in [-0.15, -0.1) is 11.3 Å². The Morgan fingerprint density at radius 1 is 0.938 bits per heavy atom. The van der Waals surface area contributed by atoms with Gasteiger partial charge in [0.1, 0.15) is 12.4 Å².